The number of allylic oxidation sites excluding steroid dienone is 2. The lowest BCUT2D eigenvalue weighted by Crippen LogP contribution is -1.69. The molecule has 0 aliphatic rings. The molecule has 0 atom stereocenters. The van der Waals surface area contributed by atoms with Crippen LogP contribution in [-0.4, -0.2) is 0 Å². The fourth-order valence-corrected chi connectivity index (χ4v) is 1.66. The lowest BCUT2D eigenvalue weighted by atomic mass is 10.4. The molecule has 1 aromatic carbocycles. The zero-order valence-electron chi connectivity index (χ0n) is 7.16. The molecular weight excluding hydrogens is 164 g/mol. The molecular formula is C11H12S. The minimum Gasteiger partial charge on any atom is -0.0907 e. The van der Waals surface area contributed by atoms with E-state index in [4.69, 9.17) is 0 Å². The highest BCUT2D eigenvalue weighted by atomic mass is 32.2. The van der Waals surface area contributed by atoms with Crippen molar-refractivity contribution >= 4 is 11.8 Å². The number of benzene rings is 1. The molecule has 0 spiro atoms. The van der Waals surface area contributed by atoms with Gasteiger partial charge >= 0.3 is 0 Å². The quantitative estimate of drug-likeness (QED) is 0.497. The Bertz CT molecular complexity index is 272. The average molecular weight is 176 g/mol. The summed E-state index contributed by atoms with van der Waals surface area (Å²) in [6, 6.07) is 10.2. The molecule has 0 bridgehead atoms. The maximum atomic E-state index is 3.92. The predicted molar refractivity (Wildman–Crippen MR) is 56.3 cm³/mol. The summed E-state index contributed by atoms with van der Waals surface area (Å²) in [4.78, 5) is 2.31. The second-order valence-electron chi connectivity index (χ2n) is 2.38. The Hall–Kier alpha value is -0.950. The van der Waals surface area contributed by atoms with Crippen molar-refractivity contribution in [2.24, 2.45) is 0 Å². The zero-order chi connectivity index (χ0) is 8.81. The molecule has 0 unspecified atom stereocenters. The topological polar surface area (TPSA) is 0 Å². The van der Waals surface area contributed by atoms with Gasteiger partial charge in [-0.25, -0.2) is 0 Å². The monoisotopic (exact) mass is 176 g/mol. The molecule has 0 aromatic heterocycles. The molecule has 0 nitrogen and oxygen atoms in total. The van der Waals surface area contributed by atoms with Gasteiger partial charge in [0.15, 0.2) is 0 Å². The van der Waals surface area contributed by atoms with Gasteiger partial charge in [-0.15, -0.1) is 0 Å². The van der Waals surface area contributed by atoms with Crippen molar-refractivity contribution < 1.29 is 0 Å². The fraction of sp³-hybridized carbons (Fsp3) is 0.0909. The molecule has 0 N–H and O–H groups in total. The molecule has 0 radical (unpaired) electrons. The third-order valence-electron chi connectivity index (χ3n) is 1.34. The maximum Gasteiger partial charge on any atom is 0.0122 e. The van der Waals surface area contributed by atoms with Crippen LogP contribution in [0.25, 0.3) is 0 Å². The first kappa shape index (κ1) is 9.14. The molecule has 1 aromatic rings. The van der Waals surface area contributed by atoms with Crippen LogP contribution in [0.2, 0.25) is 0 Å². The Kier molecular flexibility index (Phi) is 3.68. The van der Waals surface area contributed by atoms with Gasteiger partial charge in [-0.05, 0) is 19.1 Å². The molecule has 0 fully saturated rings. The molecule has 0 heterocycles. The summed E-state index contributed by atoms with van der Waals surface area (Å²) < 4.78 is 0. The van der Waals surface area contributed by atoms with Gasteiger partial charge in [-0.2, -0.15) is 0 Å². The molecule has 0 aliphatic carbocycles. The predicted octanol–water partition coefficient (Wildman–Crippen LogP) is 3.87. The number of hydrogen-bond acceptors (Lipinski definition) is 1. The van der Waals surface area contributed by atoms with E-state index in [2.05, 4.69) is 18.7 Å². The highest BCUT2D eigenvalue weighted by Crippen LogP contribution is 2.25. The Morgan fingerprint density at radius 3 is 2.58 bits per heavy atom. The SMILES string of the molecule is C=C(/C=C/C)Sc1ccccc1. The second kappa shape index (κ2) is 4.83. The Balaban J connectivity index is 2.59. The summed E-state index contributed by atoms with van der Waals surface area (Å²) in [7, 11) is 0. The van der Waals surface area contributed by atoms with Crippen molar-refractivity contribution in [1.29, 1.82) is 0 Å². The molecule has 62 valence electrons. The number of rotatable bonds is 3. The van der Waals surface area contributed by atoms with Crippen LogP contribution in [0.3, 0.4) is 0 Å². The van der Waals surface area contributed by atoms with Crippen molar-refractivity contribution in [2.75, 3.05) is 0 Å². The summed E-state index contributed by atoms with van der Waals surface area (Å²) in [5.41, 5.74) is 0. The van der Waals surface area contributed by atoms with E-state index < -0.39 is 0 Å². The van der Waals surface area contributed by atoms with E-state index in [1.54, 1.807) is 11.8 Å². The van der Waals surface area contributed by atoms with Crippen molar-refractivity contribution in [1.82, 2.24) is 0 Å². The van der Waals surface area contributed by atoms with Gasteiger partial charge in [-0.1, -0.05) is 48.7 Å². The summed E-state index contributed by atoms with van der Waals surface area (Å²) in [6.45, 7) is 5.91. The average Bonchev–Trinajstić information content (AvgIpc) is 2.06. The van der Waals surface area contributed by atoms with Crippen molar-refractivity contribution in [3.05, 3.63) is 54.0 Å². The van der Waals surface area contributed by atoms with Crippen LogP contribution >= 0.6 is 11.8 Å². The van der Waals surface area contributed by atoms with E-state index in [1.807, 2.05) is 37.3 Å². The molecule has 12 heavy (non-hydrogen) atoms. The fourth-order valence-electron chi connectivity index (χ4n) is 0.860. The van der Waals surface area contributed by atoms with E-state index in [1.165, 1.54) is 4.90 Å². The smallest absolute Gasteiger partial charge is 0.0122 e. The van der Waals surface area contributed by atoms with Gasteiger partial charge in [0.25, 0.3) is 0 Å². The van der Waals surface area contributed by atoms with Crippen molar-refractivity contribution in [2.45, 2.75) is 11.8 Å². The van der Waals surface area contributed by atoms with Gasteiger partial charge in [0.05, 0.1) is 0 Å². The summed E-state index contributed by atoms with van der Waals surface area (Å²) in [5.74, 6) is 0. The van der Waals surface area contributed by atoms with Crippen molar-refractivity contribution in [3.8, 4) is 0 Å². The zero-order valence-corrected chi connectivity index (χ0v) is 7.97. The lowest BCUT2D eigenvalue weighted by Gasteiger charge is -1.98. The maximum absolute atomic E-state index is 3.92. The minimum absolute atomic E-state index is 1.07. The van der Waals surface area contributed by atoms with Gasteiger partial charge in [0.1, 0.15) is 0 Å². The second-order valence-corrected chi connectivity index (χ2v) is 3.58. The standard InChI is InChI=1S/C11H12S/c1-3-7-10(2)12-11-8-5-4-6-9-11/h3-9H,2H2,1H3/b7-3+. The molecule has 1 rings (SSSR count). The van der Waals surface area contributed by atoms with Crippen molar-refractivity contribution in [3.63, 3.8) is 0 Å². The third-order valence-corrected chi connectivity index (χ3v) is 2.25. The van der Waals surface area contributed by atoms with E-state index in [0.717, 1.165) is 4.91 Å². The largest absolute Gasteiger partial charge is 0.0907 e. The molecule has 1 heteroatoms. The normalized spacial score (nSPS) is 10.4. The highest BCUT2D eigenvalue weighted by Gasteiger charge is 1.91. The van der Waals surface area contributed by atoms with Gasteiger partial charge in [0.2, 0.25) is 0 Å². The van der Waals surface area contributed by atoms with E-state index in [9.17, 15) is 0 Å². The molecule has 0 saturated carbocycles. The van der Waals surface area contributed by atoms with Crippen LogP contribution in [0.4, 0.5) is 0 Å². The van der Waals surface area contributed by atoms with Gasteiger partial charge in [-0.3, -0.25) is 0 Å². The summed E-state index contributed by atoms with van der Waals surface area (Å²) in [6.07, 6.45) is 4.01. The van der Waals surface area contributed by atoms with Crippen LogP contribution in [0.15, 0.2) is 58.9 Å². The van der Waals surface area contributed by atoms with E-state index in [-0.39, 0.29) is 0 Å². The van der Waals surface area contributed by atoms with Crippen LogP contribution in [-0.2, 0) is 0 Å². The lowest BCUT2D eigenvalue weighted by molar-refractivity contribution is 1.47. The molecule has 0 amide bonds. The Morgan fingerprint density at radius 2 is 2.00 bits per heavy atom. The van der Waals surface area contributed by atoms with E-state index >= 15 is 0 Å². The summed E-state index contributed by atoms with van der Waals surface area (Å²) >= 11 is 1.69. The molecule has 0 saturated heterocycles. The van der Waals surface area contributed by atoms with Gasteiger partial charge < -0.3 is 0 Å². The first-order valence-electron chi connectivity index (χ1n) is 3.87. The summed E-state index contributed by atoms with van der Waals surface area (Å²) in [5, 5.41) is 0. The highest BCUT2D eigenvalue weighted by molar-refractivity contribution is 8.03. The van der Waals surface area contributed by atoms with E-state index in [0.29, 0.717) is 0 Å². The van der Waals surface area contributed by atoms with Crippen LogP contribution in [0.5, 0.6) is 0 Å². The number of hydrogen-bond donors (Lipinski definition) is 0. The van der Waals surface area contributed by atoms with Crippen LogP contribution < -0.4 is 0 Å². The van der Waals surface area contributed by atoms with Crippen LogP contribution in [0, 0.1) is 0 Å². The van der Waals surface area contributed by atoms with Crippen LogP contribution in [0.1, 0.15) is 6.92 Å². The first-order chi connectivity index (χ1) is 5.83. The first-order valence-corrected chi connectivity index (χ1v) is 4.69. The Labute approximate surface area is 78.0 Å². The minimum atomic E-state index is 1.07. The molecule has 0 aliphatic heterocycles. The Morgan fingerprint density at radius 1 is 1.33 bits per heavy atom. The number of thioether (sulfide) groups is 1. The van der Waals surface area contributed by atoms with Gasteiger partial charge in [0, 0.05) is 9.80 Å². The third kappa shape index (κ3) is 2.97.